The highest BCUT2D eigenvalue weighted by atomic mass is 35.5. The van der Waals surface area contributed by atoms with Crippen LogP contribution in [0.2, 0.25) is 10.0 Å². The highest BCUT2D eigenvalue weighted by molar-refractivity contribution is 6.35. The van der Waals surface area contributed by atoms with Crippen molar-refractivity contribution in [1.82, 2.24) is 19.4 Å². The maximum atomic E-state index is 13.2. The fourth-order valence-electron chi connectivity index (χ4n) is 5.28. The number of amides is 1. The van der Waals surface area contributed by atoms with Gasteiger partial charge in [0.15, 0.2) is 5.76 Å². The summed E-state index contributed by atoms with van der Waals surface area (Å²) in [5.41, 5.74) is 3.09. The number of carbonyl (C=O) groups is 2. The standard InChI is InChI=1S/C30H30Cl2N4O5/c1-39-30(38)20-3-6-25-26(15-20)36(17-23-8-13-40-23)28(33-25)18-34-9-11-35(12-10-34)29(37)27-7-5-22(41-27)14-19-2-4-21(31)16-24(19)32/h2-7,15-16,23H,8-14,17-18H2,1H3. The van der Waals surface area contributed by atoms with Crippen molar-refractivity contribution >= 4 is 46.1 Å². The number of rotatable bonds is 8. The molecule has 11 heteroatoms. The van der Waals surface area contributed by atoms with Gasteiger partial charge in [-0.05, 0) is 54.4 Å². The molecular weight excluding hydrogens is 567 g/mol. The first kappa shape index (κ1) is 27.8. The lowest BCUT2D eigenvalue weighted by atomic mass is 10.1. The van der Waals surface area contributed by atoms with Crippen LogP contribution in [0.25, 0.3) is 11.0 Å². The first-order valence-corrected chi connectivity index (χ1v) is 14.4. The molecule has 1 atom stereocenters. The Hall–Kier alpha value is -3.37. The second-order valence-corrected chi connectivity index (χ2v) is 11.2. The van der Waals surface area contributed by atoms with Gasteiger partial charge in [-0.2, -0.15) is 0 Å². The minimum Gasteiger partial charge on any atom is -0.465 e. The van der Waals surface area contributed by atoms with Gasteiger partial charge in [-0.3, -0.25) is 9.69 Å². The molecule has 2 aromatic carbocycles. The van der Waals surface area contributed by atoms with Crippen molar-refractivity contribution in [2.75, 3.05) is 39.9 Å². The van der Waals surface area contributed by atoms with Crippen LogP contribution < -0.4 is 0 Å². The van der Waals surface area contributed by atoms with Gasteiger partial charge in [-0.1, -0.05) is 29.3 Å². The van der Waals surface area contributed by atoms with E-state index in [0.29, 0.717) is 72.8 Å². The zero-order chi connectivity index (χ0) is 28.5. The lowest BCUT2D eigenvalue weighted by Crippen LogP contribution is -2.48. The minimum absolute atomic E-state index is 0.122. The molecule has 2 fully saturated rings. The second-order valence-electron chi connectivity index (χ2n) is 10.4. The van der Waals surface area contributed by atoms with E-state index in [1.54, 1.807) is 24.3 Å². The Morgan fingerprint density at radius 3 is 2.56 bits per heavy atom. The molecule has 2 aromatic heterocycles. The smallest absolute Gasteiger partial charge is 0.337 e. The largest absolute Gasteiger partial charge is 0.465 e. The molecule has 6 rings (SSSR count). The number of furan rings is 1. The molecule has 2 aliphatic rings. The maximum absolute atomic E-state index is 13.2. The Balaban J connectivity index is 1.11. The van der Waals surface area contributed by atoms with Crippen LogP contribution in [0.4, 0.5) is 0 Å². The molecule has 0 saturated carbocycles. The first-order valence-electron chi connectivity index (χ1n) is 13.6. The monoisotopic (exact) mass is 596 g/mol. The Labute approximate surface area is 247 Å². The highest BCUT2D eigenvalue weighted by Gasteiger charge is 2.27. The van der Waals surface area contributed by atoms with Gasteiger partial charge in [-0.15, -0.1) is 0 Å². The van der Waals surface area contributed by atoms with Gasteiger partial charge in [0.2, 0.25) is 0 Å². The SMILES string of the molecule is COC(=O)c1ccc2nc(CN3CCN(C(=O)c4ccc(Cc5ccc(Cl)cc5Cl)o4)CC3)n(CC3CCO3)c2c1. The van der Waals surface area contributed by atoms with Crippen LogP contribution in [0, 0.1) is 0 Å². The number of nitrogens with zero attached hydrogens (tertiary/aromatic N) is 4. The number of hydrogen-bond donors (Lipinski definition) is 0. The summed E-state index contributed by atoms with van der Waals surface area (Å²) in [6, 6.07) is 14.3. The summed E-state index contributed by atoms with van der Waals surface area (Å²) in [5, 5.41) is 1.14. The number of fused-ring (bicyclic) bond motifs is 1. The van der Waals surface area contributed by atoms with E-state index in [1.807, 2.05) is 29.2 Å². The van der Waals surface area contributed by atoms with Crippen molar-refractivity contribution in [3.05, 3.63) is 87.0 Å². The highest BCUT2D eigenvalue weighted by Crippen LogP contribution is 2.26. The minimum atomic E-state index is -0.376. The number of hydrogen-bond acceptors (Lipinski definition) is 7. The Kier molecular flexibility index (Phi) is 8.03. The van der Waals surface area contributed by atoms with Crippen molar-refractivity contribution in [2.24, 2.45) is 0 Å². The third-order valence-corrected chi connectivity index (χ3v) is 8.29. The molecule has 0 radical (unpaired) electrons. The van der Waals surface area contributed by atoms with Crippen LogP contribution in [-0.4, -0.2) is 77.2 Å². The first-order chi connectivity index (χ1) is 19.9. The van der Waals surface area contributed by atoms with Crippen LogP contribution in [0.15, 0.2) is 52.9 Å². The van der Waals surface area contributed by atoms with Crippen molar-refractivity contribution < 1.29 is 23.5 Å². The molecule has 0 bridgehead atoms. The van der Waals surface area contributed by atoms with Crippen LogP contribution >= 0.6 is 23.2 Å². The van der Waals surface area contributed by atoms with E-state index in [9.17, 15) is 9.59 Å². The van der Waals surface area contributed by atoms with Gasteiger partial charge in [0.1, 0.15) is 11.6 Å². The van der Waals surface area contributed by atoms with Crippen LogP contribution in [0.3, 0.4) is 0 Å². The van der Waals surface area contributed by atoms with Gasteiger partial charge < -0.3 is 23.4 Å². The van der Waals surface area contributed by atoms with Crippen molar-refractivity contribution in [3.8, 4) is 0 Å². The van der Waals surface area contributed by atoms with Crippen molar-refractivity contribution in [3.63, 3.8) is 0 Å². The van der Waals surface area contributed by atoms with Crippen molar-refractivity contribution in [1.29, 1.82) is 0 Å². The zero-order valence-corrected chi connectivity index (χ0v) is 24.2. The number of esters is 1. The third-order valence-electron chi connectivity index (χ3n) is 7.70. The number of benzene rings is 2. The topological polar surface area (TPSA) is 90.0 Å². The lowest BCUT2D eigenvalue weighted by molar-refractivity contribution is -0.0592. The second kappa shape index (κ2) is 11.9. The Morgan fingerprint density at radius 2 is 1.85 bits per heavy atom. The van der Waals surface area contributed by atoms with E-state index in [-0.39, 0.29) is 18.0 Å². The number of halogens is 2. The summed E-state index contributed by atoms with van der Waals surface area (Å²) >= 11 is 12.3. The summed E-state index contributed by atoms with van der Waals surface area (Å²) in [5.74, 6) is 1.40. The number of ether oxygens (including phenoxy) is 2. The van der Waals surface area contributed by atoms with Gasteiger partial charge in [-0.25, -0.2) is 9.78 Å². The van der Waals surface area contributed by atoms with E-state index >= 15 is 0 Å². The normalized spacial score (nSPS) is 17.5. The summed E-state index contributed by atoms with van der Waals surface area (Å²) in [6.45, 7) is 4.64. The molecule has 1 unspecified atom stereocenters. The number of imidazole rings is 1. The quantitative estimate of drug-likeness (QED) is 0.263. The molecule has 4 aromatic rings. The number of methoxy groups -OCH3 is 1. The predicted molar refractivity (Wildman–Crippen MR) is 155 cm³/mol. The van der Waals surface area contributed by atoms with E-state index in [4.69, 9.17) is 42.1 Å². The van der Waals surface area contributed by atoms with E-state index < -0.39 is 0 Å². The predicted octanol–water partition coefficient (Wildman–Crippen LogP) is 5.06. The van der Waals surface area contributed by atoms with E-state index in [0.717, 1.165) is 35.4 Å². The van der Waals surface area contributed by atoms with Crippen LogP contribution in [0.5, 0.6) is 0 Å². The van der Waals surface area contributed by atoms with Crippen LogP contribution in [-0.2, 0) is 29.0 Å². The summed E-state index contributed by atoms with van der Waals surface area (Å²) in [7, 11) is 1.38. The van der Waals surface area contributed by atoms with Gasteiger partial charge >= 0.3 is 5.97 Å². The fourth-order valence-corrected chi connectivity index (χ4v) is 5.75. The van der Waals surface area contributed by atoms with Crippen LogP contribution in [0.1, 0.15) is 44.5 Å². The average Bonchev–Trinajstić information content (AvgIpc) is 3.55. The third kappa shape index (κ3) is 5.99. The van der Waals surface area contributed by atoms with E-state index in [1.165, 1.54) is 7.11 Å². The molecule has 0 N–H and O–H groups in total. The molecule has 4 heterocycles. The summed E-state index contributed by atoms with van der Waals surface area (Å²) in [6.07, 6.45) is 1.61. The van der Waals surface area contributed by atoms with Gasteiger partial charge in [0.25, 0.3) is 5.91 Å². The number of aromatic nitrogens is 2. The number of carbonyl (C=O) groups excluding carboxylic acids is 2. The molecule has 0 aliphatic carbocycles. The van der Waals surface area contributed by atoms with Gasteiger partial charge in [0, 0.05) is 49.3 Å². The molecule has 1 amide bonds. The van der Waals surface area contributed by atoms with E-state index in [2.05, 4.69) is 9.47 Å². The molecule has 2 aliphatic heterocycles. The fraction of sp³-hybridized carbons (Fsp3) is 0.367. The lowest BCUT2D eigenvalue weighted by Gasteiger charge is -2.34. The molecular formula is C30H30Cl2N4O5. The zero-order valence-electron chi connectivity index (χ0n) is 22.6. The molecule has 9 nitrogen and oxygen atoms in total. The number of piperazine rings is 1. The van der Waals surface area contributed by atoms with Crippen molar-refractivity contribution in [2.45, 2.75) is 32.0 Å². The maximum Gasteiger partial charge on any atom is 0.337 e. The molecule has 41 heavy (non-hydrogen) atoms. The molecule has 0 spiro atoms. The van der Waals surface area contributed by atoms with Gasteiger partial charge in [0.05, 0.1) is 42.9 Å². The Morgan fingerprint density at radius 1 is 1.05 bits per heavy atom. The Bertz CT molecular complexity index is 1590. The molecule has 2 saturated heterocycles. The molecule has 214 valence electrons. The average molecular weight is 597 g/mol. The summed E-state index contributed by atoms with van der Waals surface area (Å²) in [4.78, 5) is 34.3. The summed E-state index contributed by atoms with van der Waals surface area (Å²) < 4.78 is 18.7.